The lowest BCUT2D eigenvalue weighted by atomic mass is 10.1. The Kier molecular flexibility index (Phi) is 6.14. The van der Waals surface area contributed by atoms with Gasteiger partial charge < -0.3 is 10.1 Å². The summed E-state index contributed by atoms with van der Waals surface area (Å²) in [7, 11) is 0. The Labute approximate surface area is 172 Å². The molecule has 0 radical (unpaired) electrons. The molecule has 140 valence electrons. The molecule has 0 saturated heterocycles. The topological polar surface area (TPSA) is 55.4 Å². The summed E-state index contributed by atoms with van der Waals surface area (Å²) < 4.78 is 5.40. The van der Waals surface area contributed by atoms with Gasteiger partial charge in [0.05, 0.1) is 26.9 Å². The van der Waals surface area contributed by atoms with E-state index in [9.17, 15) is 9.59 Å². The number of nitrogens with one attached hydrogen (secondary N) is 1. The van der Waals surface area contributed by atoms with Crippen molar-refractivity contribution in [2.24, 2.45) is 0 Å². The predicted octanol–water partition coefficient (Wildman–Crippen LogP) is 6.11. The first-order chi connectivity index (χ1) is 13.5. The molecule has 3 aromatic carbocycles. The molecular formula is C22H15Cl2NO3. The number of benzene rings is 3. The molecule has 4 nitrogen and oxygen atoms in total. The summed E-state index contributed by atoms with van der Waals surface area (Å²) in [6, 6.07) is 18.3. The number of hydrogen-bond acceptors (Lipinski definition) is 3. The highest BCUT2D eigenvalue weighted by Crippen LogP contribution is 2.28. The minimum Gasteiger partial charge on any atom is -0.423 e. The lowest BCUT2D eigenvalue weighted by Crippen LogP contribution is -2.14. The van der Waals surface area contributed by atoms with Crippen LogP contribution in [-0.2, 0) is 0 Å². The molecule has 0 aliphatic carbocycles. The van der Waals surface area contributed by atoms with E-state index in [1.54, 1.807) is 66.7 Å². The van der Waals surface area contributed by atoms with E-state index < -0.39 is 11.9 Å². The number of halogens is 2. The minimum absolute atomic E-state index is 0.160. The van der Waals surface area contributed by atoms with Crippen LogP contribution in [-0.4, -0.2) is 11.9 Å². The molecule has 0 aliphatic heterocycles. The number of amides is 1. The first-order valence-electron chi connectivity index (χ1n) is 8.28. The minimum atomic E-state index is -0.502. The highest BCUT2D eigenvalue weighted by Gasteiger charge is 2.17. The predicted molar refractivity (Wildman–Crippen MR) is 112 cm³/mol. The van der Waals surface area contributed by atoms with Crippen molar-refractivity contribution < 1.29 is 14.3 Å². The fraction of sp³-hybridized carbons (Fsp3) is 0. The Morgan fingerprint density at radius 3 is 2.25 bits per heavy atom. The Balaban J connectivity index is 1.86. The van der Waals surface area contributed by atoms with E-state index >= 15 is 0 Å². The molecule has 0 fully saturated rings. The summed E-state index contributed by atoms with van der Waals surface area (Å²) in [6.45, 7) is 3.73. The van der Waals surface area contributed by atoms with Crippen molar-refractivity contribution >= 4 is 46.8 Å². The van der Waals surface area contributed by atoms with Gasteiger partial charge in [-0.3, -0.25) is 4.79 Å². The molecule has 0 saturated carbocycles. The SMILES string of the molecule is C=Cc1ccc(OC(=O)c2ccccc2)cc1NC(=O)c1c(Cl)cccc1Cl. The summed E-state index contributed by atoms with van der Waals surface area (Å²) in [5.74, 6) is -0.705. The summed E-state index contributed by atoms with van der Waals surface area (Å²) in [5.41, 5.74) is 1.64. The summed E-state index contributed by atoms with van der Waals surface area (Å²) in [6.07, 6.45) is 1.58. The van der Waals surface area contributed by atoms with Gasteiger partial charge in [-0.2, -0.15) is 0 Å². The maximum atomic E-state index is 12.7. The van der Waals surface area contributed by atoms with Crippen LogP contribution >= 0.6 is 23.2 Å². The Morgan fingerprint density at radius 2 is 1.61 bits per heavy atom. The van der Waals surface area contributed by atoms with Crippen LogP contribution in [0.2, 0.25) is 10.0 Å². The van der Waals surface area contributed by atoms with Gasteiger partial charge in [0.2, 0.25) is 0 Å². The molecule has 1 amide bonds. The number of ether oxygens (including phenoxy) is 1. The van der Waals surface area contributed by atoms with Gasteiger partial charge in [0.1, 0.15) is 5.75 Å². The van der Waals surface area contributed by atoms with Crippen molar-refractivity contribution in [2.75, 3.05) is 5.32 Å². The summed E-state index contributed by atoms with van der Waals surface area (Å²) in [5, 5.41) is 3.21. The van der Waals surface area contributed by atoms with Crippen LogP contribution in [0.4, 0.5) is 5.69 Å². The molecule has 1 N–H and O–H groups in total. The number of carbonyl (C=O) groups excluding carboxylic acids is 2. The van der Waals surface area contributed by atoms with Crippen LogP contribution < -0.4 is 10.1 Å². The van der Waals surface area contributed by atoms with Crippen LogP contribution in [0.5, 0.6) is 5.75 Å². The molecule has 3 aromatic rings. The van der Waals surface area contributed by atoms with Crippen molar-refractivity contribution in [1.29, 1.82) is 0 Å². The molecule has 0 spiro atoms. The lowest BCUT2D eigenvalue weighted by Gasteiger charge is -2.13. The van der Waals surface area contributed by atoms with Crippen molar-refractivity contribution in [3.63, 3.8) is 0 Å². The highest BCUT2D eigenvalue weighted by atomic mass is 35.5. The summed E-state index contributed by atoms with van der Waals surface area (Å²) in [4.78, 5) is 24.9. The summed E-state index contributed by atoms with van der Waals surface area (Å²) >= 11 is 12.2. The third-order valence-electron chi connectivity index (χ3n) is 3.90. The first-order valence-corrected chi connectivity index (χ1v) is 9.04. The molecule has 0 heterocycles. The maximum absolute atomic E-state index is 12.7. The van der Waals surface area contributed by atoms with E-state index in [-0.39, 0.29) is 21.4 Å². The van der Waals surface area contributed by atoms with Gasteiger partial charge in [0, 0.05) is 6.07 Å². The Hall–Kier alpha value is -3.08. The fourth-order valence-electron chi connectivity index (χ4n) is 2.52. The van der Waals surface area contributed by atoms with E-state index in [0.29, 0.717) is 16.8 Å². The van der Waals surface area contributed by atoms with Crippen LogP contribution in [0.3, 0.4) is 0 Å². The molecule has 3 rings (SSSR count). The monoisotopic (exact) mass is 411 g/mol. The third kappa shape index (κ3) is 4.42. The zero-order valence-corrected chi connectivity index (χ0v) is 16.1. The van der Waals surface area contributed by atoms with Crippen molar-refractivity contribution in [3.05, 3.63) is 100 Å². The van der Waals surface area contributed by atoms with Crippen molar-refractivity contribution in [1.82, 2.24) is 0 Å². The average Bonchev–Trinajstić information content (AvgIpc) is 2.69. The molecule has 6 heteroatoms. The zero-order valence-electron chi connectivity index (χ0n) is 14.6. The standard InChI is InChI=1S/C22H15Cl2NO3/c1-2-14-11-12-16(28-22(27)15-7-4-3-5-8-15)13-19(14)25-21(26)20-17(23)9-6-10-18(20)24/h2-13H,1H2,(H,25,26). The van der Waals surface area contributed by atoms with Gasteiger partial charge in [-0.25, -0.2) is 4.79 Å². The Bertz CT molecular complexity index is 1030. The smallest absolute Gasteiger partial charge is 0.343 e. The van der Waals surface area contributed by atoms with Gasteiger partial charge >= 0.3 is 5.97 Å². The molecule has 0 aliphatic rings. The lowest BCUT2D eigenvalue weighted by molar-refractivity contribution is 0.0735. The molecule has 28 heavy (non-hydrogen) atoms. The zero-order chi connectivity index (χ0) is 20.1. The van der Waals surface area contributed by atoms with Crippen LogP contribution in [0.1, 0.15) is 26.3 Å². The normalized spacial score (nSPS) is 10.2. The quantitative estimate of drug-likeness (QED) is 0.407. The van der Waals surface area contributed by atoms with E-state index in [0.717, 1.165) is 0 Å². The van der Waals surface area contributed by atoms with E-state index in [1.165, 1.54) is 0 Å². The van der Waals surface area contributed by atoms with E-state index in [1.807, 2.05) is 6.07 Å². The largest absolute Gasteiger partial charge is 0.423 e. The van der Waals surface area contributed by atoms with E-state index in [2.05, 4.69) is 11.9 Å². The third-order valence-corrected chi connectivity index (χ3v) is 4.53. The van der Waals surface area contributed by atoms with Gasteiger partial charge in [-0.05, 0) is 42.0 Å². The van der Waals surface area contributed by atoms with Gasteiger partial charge in [0.15, 0.2) is 0 Å². The first kappa shape index (κ1) is 19.7. The molecular weight excluding hydrogens is 397 g/mol. The van der Waals surface area contributed by atoms with Crippen molar-refractivity contribution in [3.8, 4) is 5.75 Å². The van der Waals surface area contributed by atoms with Gasteiger partial charge in [0.25, 0.3) is 5.91 Å². The maximum Gasteiger partial charge on any atom is 0.343 e. The second-order valence-electron chi connectivity index (χ2n) is 5.76. The average molecular weight is 412 g/mol. The fourth-order valence-corrected chi connectivity index (χ4v) is 3.09. The number of anilines is 1. The second-order valence-corrected chi connectivity index (χ2v) is 6.57. The van der Waals surface area contributed by atoms with Crippen LogP contribution in [0.15, 0.2) is 73.3 Å². The van der Waals surface area contributed by atoms with Gasteiger partial charge in [-0.15, -0.1) is 0 Å². The van der Waals surface area contributed by atoms with Crippen molar-refractivity contribution in [2.45, 2.75) is 0 Å². The number of hydrogen-bond donors (Lipinski definition) is 1. The molecule has 0 atom stereocenters. The number of carbonyl (C=O) groups is 2. The van der Waals surface area contributed by atoms with E-state index in [4.69, 9.17) is 27.9 Å². The van der Waals surface area contributed by atoms with Crippen LogP contribution in [0, 0.1) is 0 Å². The van der Waals surface area contributed by atoms with Crippen LogP contribution in [0.25, 0.3) is 6.08 Å². The number of rotatable bonds is 5. The second kappa shape index (κ2) is 8.74. The highest BCUT2D eigenvalue weighted by molar-refractivity contribution is 6.40. The van der Waals surface area contributed by atoms with Gasteiger partial charge in [-0.1, -0.05) is 60.1 Å². The molecule has 0 aromatic heterocycles. The molecule has 0 unspecified atom stereocenters. The Morgan fingerprint density at radius 1 is 0.929 bits per heavy atom. The molecule has 0 bridgehead atoms. The number of esters is 1.